The van der Waals surface area contributed by atoms with Crippen molar-refractivity contribution in [3.8, 4) is 0 Å². The monoisotopic (exact) mass is 474 g/mol. The van der Waals surface area contributed by atoms with Crippen molar-refractivity contribution in [2.24, 2.45) is 0 Å². The number of rotatable bonds is 7. The molecule has 0 unspecified atom stereocenters. The highest BCUT2D eigenvalue weighted by molar-refractivity contribution is 7.79. The van der Waals surface area contributed by atoms with Crippen molar-refractivity contribution < 1.29 is 37.9 Å². The molecule has 1 saturated heterocycles. The van der Waals surface area contributed by atoms with Crippen molar-refractivity contribution in [1.29, 1.82) is 0 Å². The van der Waals surface area contributed by atoms with Gasteiger partial charge in [0.15, 0.2) is 19.3 Å². The molecule has 0 spiro atoms. The summed E-state index contributed by atoms with van der Waals surface area (Å²) in [5.74, 6) is -1.79. The molecule has 2 aromatic rings. The first-order valence-electron chi connectivity index (χ1n) is 10.5. The lowest BCUT2D eigenvalue weighted by molar-refractivity contribution is -0.199. The molecule has 9 heteroatoms. The molecule has 0 aliphatic carbocycles. The predicted octanol–water partition coefficient (Wildman–Crippen LogP) is 2.19. The van der Waals surface area contributed by atoms with E-state index in [0.717, 1.165) is 0 Å². The minimum absolute atomic E-state index is 0.0668. The van der Waals surface area contributed by atoms with Crippen LogP contribution in [0.3, 0.4) is 0 Å². The maximum Gasteiger partial charge on any atom is 0.303 e. The molecule has 2 aromatic carbocycles. The fourth-order valence-corrected chi connectivity index (χ4v) is 7.23. The Bertz CT molecular complexity index is 980. The molecular weight excluding hydrogens is 447 g/mol. The minimum atomic E-state index is -3.46. The van der Waals surface area contributed by atoms with Gasteiger partial charge in [0.05, 0.1) is 12.3 Å². The first kappa shape index (κ1) is 24.7. The third-order valence-electron chi connectivity index (χ3n) is 5.35. The number of carbonyl (C=O) groups is 3. The van der Waals surface area contributed by atoms with Crippen LogP contribution in [0, 0.1) is 0 Å². The van der Waals surface area contributed by atoms with Crippen molar-refractivity contribution in [1.82, 2.24) is 0 Å². The van der Waals surface area contributed by atoms with Gasteiger partial charge in [-0.15, -0.1) is 0 Å². The van der Waals surface area contributed by atoms with E-state index in [1.54, 1.807) is 48.5 Å². The van der Waals surface area contributed by atoms with Crippen LogP contribution in [-0.4, -0.2) is 55.1 Å². The van der Waals surface area contributed by atoms with E-state index < -0.39 is 49.0 Å². The van der Waals surface area contributed by atoms with Crippen molar-refractivity contribution in [2.45, 2.75) is 44.7 Å². The summed E-state index contributed by atoms with van der Waals surface area (Å²) < 4.78 is 37.0. The first-order valence-corrected chi connectivity index (χ1v) is 12.3. The molecule has 0 amide bonds. The summed E-state index contributed by atoms with van der Waals surface area (Å²) in [4.78, 5) is 35.4. The molecule has 4 atom stereocenters. The lowest BCUT2D eigenvalue weighted by Gasteiger charge is -2.43. The largest absolute Gasteiger partial charge is 0.463 e. The quantitative estimate of drug-likeness (QED) is 0.342. The second-order valence-electron chi connectivity index (χ2n) is 7.72. The second-order valence-corrected chi connectivity index (χ2v) is 10.7. The molecule has 0 radical (unpaired) electrons. The lowest BCUT2D eigenvalue weighted by Crippen LogP contribution is -2.58. The standard InChI is InChI=1S/C24H27O8P/c1-16(25)29-14-21-23(31-17(2)26)24(32-18(3)27)22(15-30-21)33(28,19-10-6-4-7-11-19)20-12-8-5-9-13-20/h4-13,21-24H,14-15H2,1-3H3/t21-,22+,23+,24-/m1/s1. The van der Waals surface area contributed by atoms with Crippen LogP contribution in [0.1, 0.15) is 20.8 Å². The first-order chi connectivity index (χ1) is 15.7. The fourth-order valence-electron chi connectivity index (χ4n) is 4.00. The SMILES string of the molecule is CC(=O)OC[C@H]1OC[C@H](P(=O)(c2ccccc2)c2ccccc2)[C@@H](OC(C)=O)[C@H]1OC(C)=O. The normalized spacial score (nSPS) is 22.8. The number of hydrogen-bond donors (Lipinski definition) is 0. The summed E-state index contributed by atoms with van der Waals surface area (Å²) in [7, 11) is -3.46. The molecule has 1 aliphatic rings. The van der Waals surface area contributed by atoms with E-state index in [9.17, 15) is 18.9 Å². The number of carbonyl (C=O) groups excluding carboxylic acids is 3. The summed E-state index contributed by atoms with van der Waals surface area (Å²) in [6, 6.07) is 17.8. The highest BCUT2D eigenvalue weighted by Crippen LogP contribution is 2.53. The Labute approximate surface area is 192 Å². The molecular formula is C24H27O8P. The summed E-state index contributed by atoms with van der Waals surface area (Å²) in [6.45, 7) is 3.41. The van der Waals surface area contributed by atoms with E-state index in [1.165, 1.54) is 20.8 Å². The second kappa shape index (κ2) is 10.8. The zero-order valence-corrected chi connectivity index (χ0v) is 19.6. The van der Waals surface area contributed by atoms with Crippen LogP contribution in [0.15, 0.2) is 60.7 Å². The molecule has 1 heterocycles. The van der Waals surface area contributed by atoms with Crippen molar-refractivity contribution in [3.05, 3.63) is 60.7 Å². The van der Waals surface area contributed by atoms with Gasteiger partial charge in [-0.1, -0.05) is 60.7 Å². The molecule has 33 heavy (non-hydrogen) atoms. The summed E-state index contributed by atoms with van der Waals surface area (Å²) in [6.07, 6.45) is -3.10. The van der Waals surface area contributed by atoms with Crippen LogP contribution >= 0.6 is 7.14 Å². The van der Waals surface area contributed by atoms with Crippen LogP contribution in [0.5, 0.6) is 0 Å². The van der Waals surface area contributed by atoms with Gasteiger partial charge in [-0.2, -0.15) is 0 Å². The van der Waals surface area contributed by atoms with Crippen LogP contribution in [-0.2, 0) is 37.9 Å². The third-order valence-corrected chi connectivity index (χ3v) is 8.86. The Hall–Kier alpha value is -2.96. The van der Waals surface area contributed by atoms with Gasteiger partial charge in [0.25, 0.3) is 0 Å². The zero-order chi connectivity index (χ0) is 24.0. The third kappa shape index (κ3) is 5.70. The molecule has 0 saturated carbocycles. The predicted molar refractivity (Wildman–Crippen MR) is 121 cm³/mol. The molecule has 176 valence electrons. The van der Waals surface area contributed by atoms with E-state index in [-0.39, 0.29) is 13.2 Å². The van der Waals surface area contributed by atoms with E-state index in [0.29, 0.717) is 10.6 Å². The van der Waals surface area contributed by atoms with E-state index >= 15 is 0 Å². The Morgan fingerprint density at radius 2 is 1.30 bits per heavy atom. The van der Waals surface area contributed by atoms with Crippen molar-refractivity contribution >= 4 is 35.7 Å². The van der Waals surface area contributed by atoms with Gasteiger partial charge in [0, 0.05) is 31.4 Å². The minimum Gasteiger partial charge on any atom is -0.463 e. The average Bonchev–Trinajstić information content (AvgIpc) is 2.79. The van der Waals surface area contributed by atoms with Gasteiger partial charge in [0.1, 0.15) is 12.7 Å². The number of ether oxygens (including phenoxy) is 4. The summed E-state index contributed by atoms with van der Waals surface area (Å²) in [5, 5.41) is 1.11. The van der Waals surface area contributed by atoms with Crippen LogP contribution < -0.4 is 10.6 Å². The van der Waals surface area contributed by atoms with Gasteiger partial charge in [-0.05, 0) is 0 Å². The Morgan fingerprint density at radius 3 is 1.76 bits per heavy atom. The average molecular weight is 474 g/mol. The van der Waals surface area contributed by atoms with Crippen LogP contribution in [0.25, 0.3) is 0 Å². The Morgan fingerprint density at radius 1 is 0.818 bits per heavy atom. The van der Waals surface area contributed by atoms with Gasteiger partial charge in [-0.3, -0.25) is 14.4 Å². The highest BCUT2D eigenvalue weighted by Gasteiger charge is 2.53. The Balaban J connectivity index is 2.12. The summed E-state index contributed by atoms with van der Waals surface area (Å²) in [5.41, 5.74) is -0.843. The number of benzene rings is 2. The van der Waals surface area contributed by atoms with Crippen molar-refractivity contribution in [3.63, 3.8) is 0 Å². The maximum absolute atomic E-state index is 14.9. The van der Waals surface area contributed by atoms with E-state index in [4.69, 9.17) is 18.9 Å². The Kier molecular flexibility index (Phi) is 8.06. The molecule has 0 N–H and O–H groups in total. The number of esters is 3. The van der Waals surface area contributed by atoms with Crippen LogP contribution in [0.2, 0.25) is 0 Å². The molecule has 1 aliphatic heterocycles. The highest BCUT2D eigenvalue weighted by atomic mass is 31.2. The smallest absolute Gasteiger partial charge is 0.303 e. The lowest BCUT2D eigenvalue weighted by atomic mass is 10.0. The molecule has 3 rings (SSSR count). The zero-order valence-electron chi connectivity index (χ0n) is 18.7. The van der Waals surface area contributed by atoms with E-state index in [2.05, 4.69) is 0 Å². The number of hydrogen-bond acceptors (Lipinski definition) is 8. The van der Waals surface area contributed by atoms with Gasteiger partial charge in [0.2, 0.25) is 0 Å². The molecule has 0 bridgehead atoms. The van der Waals surface area contributed by atoms with Crippen molar-refractivity contribution in [2.75, 3.05) is 13.2 Å². The topological polar surface area (TPSA) is 105 Å². The maximum atomic E-state index is 14.9. The molecule has 0 aromatic heterocycles. The van der Waals surface area contributed by atoms with E-state index in [1.807, 2.05) is 12.1 Å². The molecule has 1 fully saturated rings. The fraction of sp³-hybridized carbons (Fsp3) is 0.375. The molecule has 8 nitrogen and oxygen atoms in total. The summed E-state index contributed by atoms with van der Waals surface area (Å²) >= 11 is 0. The van der Waals surface area contributed by atoms with Gasteiger partial charge >= 0.3 is 17.9 Å². The van der Waals surface area contributed by atoms with Gasteiger partial charge < -0.3 is 23.5 Å². The van der Waals surface area contributed by atoms with Crippen LogP contribution in [0.4, 0.5) is 0 Å². The van der Waals surface area contributed by atoms with Gasteiger partial charge in [-0.25, -0.2) is 0 Å².